The molecule has 2 N–H and O–H groups in total. The van der Waals surface area contributed by atoms with Crippen LogP contribution in [-0.2, 0) is 4.79 Å². The highest BCUT2D eigenvalue weighted by Gasteiger charge is 2.20. The van der Waals surface area contributed by atoms with Crippen LogP contribution in [0.15, 0.2) is 18.2 Å². The topological polar surface area (TPSA) is 41.1 Å². The summed E-state index contributed by atoms with van der Waals surface area (Å²) in [4.78, 5) is 11.6. The molecule has 1 aromatic rings. The fourth-order valence-corrected chi connectivity index (χ4v) is 1.36. The van der Waals surface area contributed by atoms with Crippen LogP contribution in [0.2, 0.25) is 10.0 Å². The van der Waals surface area contributed by atoms with E-state index in [0.717, 1.165) is 0 Å². The molecule has 5 heteroatoms. The first-order chi connectivity index (χ1) is 7.30. The van der Waals surface area contributed by atoms with Crippen molar-refractivity contribution in [2.24, 2.45) is 5.41 Å². The quantitative estimate of drug-likeness (QED) is 0.800. The summed E-state index contributed by atoms with van der Waals surface area (Å²) in [5.74, 6) is -0.112. The monoisotopic (exact) mass is 260 g/mol. The van der Waals surface area contributed by atoms with E-state index in [4.69, 9.17) is 23.2 Å². The average molecular weight is 261 g/mol. The summed E-state index contributed by atoms with van der Waals surface area (Å²) in [5, 5.41) is 1.01. The first kappa shape index (κ1) is 13.1. The molecule has 0 fully saturated rings. The van der Waals surface area contributed by atoms with Crippen molar-refractivity contribution in [2.45, 2.75) is 20.8 Å². The van der Waals surface area contributed by atoms with Gasteiger partial charge in [-0.05, 0) is 18.2 Å². The summed E-state index contributed by atoms with van der Waals surface area (Å²) in [6.07, 6.45) is 0. The lowest BCUT2D eigenvalue weighted by Crippen LogP contribution is -2.38. The fraction of sp³-hybridized carbons (Fsp3) is 0.364. The normalized spacial score (nSPS) is 11.1. The number of carbonyl (C=O) groups is 1. The lowest BCUT2D eigenvalue weighted by Gasteiger charge is -2.19. The van der Waals surface area contributed by atoms with Crippen LogP contribution < -0.4 is 10.9 Å². The van der Waals surface area contributed by atoms with Gasteiger partial charge in [0, 0.05) is 10.4 Å². The number of hydrogen-bond acceptors (Lipinski definition) is 2. The third kappa shape index (κ3) is 3.58. The highest BCUT2D eigenvalue weighted by molar-refractivity contribution is 6.36. The third-order valence-corrected chi connectivity index (χ3v) is 2.47. The SMILES string of the molecule is CC(C)(C)C(=O)NNc1ccc(Cl)cc1Cl. The molecular weight excluding hydrogens is 247 g/mol. The lowest BCUT2D eigenvalue weighted by molar-refractivity contribution is -0.127. The van der Waals surface area contributed by atoms with Gasteiger partial charge in [0.25, 0.3) is 0 Å². The Labute approximate surface area is 105 Å². The Balaban J connectivity index is 2.65. The van der Waals surface area contributed by atoms with Gasteiger partial charge in [-0.1, -0.05) is 44.0 Å². The molecule has 0 radical (unpaired) electrons. The molecule has 0 bridgehead atoms. The number of hydrazine groups is 1. The van der Waals surface area contributed by atoms with Crippen LogP contribution in [-0.4, -0.2) is 5.91 Å². The molecular formula is C11H14Cl2N2O. The summed E-state index contributed by atoms with van der Waals surface area (Å²) in [6.45, 7) is 5.48. The molecule has 0 aliphatic carbocycles. The highest BCUT2D eigenvalue weighted by atomic mass is 35.5. The van der Waals surface area contributed by atoms with E-state index < -0.39 is 5.41 Å². The number of rotatable bonds is 2. The molecule has 3 nitrogen and oxygen atoms in total. The van der Waals surface area contributed by atoms with E-state index in [1.807, 2.05) is 20.8 Å². The molecule has 88 valence electrons. The predicted octanol–water partition coefficient (Wildman–Crippen LogP) is 3.48. The molecule has 0 saturated heterocycles. The van der Waals surface area contributed by atoms with E-state index >= 15 is 0 Å². The first-order valence-electron chi connectivity index (χ1n) is 4.82. The second-order valence-electron chi connectivity index (χ2n) is 4.45. The Morgan fingerprint density at radius 1 is 1.25 bits per heavy atom. The van der Waals surface area contributed by atoms with Gasteiger partial charge in [0.2, 0.25) is 5.91 Å². The van der Waals surface area contributed by atoms with Crippen LogP contribution in [0, 0.1) is 5.41 Å². The Morgan fingerprint density at radius 2 is 1.88 bits per heavy atom. The molecule has 0 aliphatic heterocycles. The van der Waals surface area contributed by atoms with Crippen LogP contribution in [0.4, 0.5) is 5.69 Å². The molecule has 0 aliphatic rings. The second kappa shape index (κ2) is 4.93. The number of nitrogens with one attached hydrogen (secondary N) is 2. The molecule has 0 heterocycles. The van der Waals surface area contributed by atoms with E-state index in [-0.39, 0.29) is 5.91 Å². The van der Waals surface area contributed by atoms with E-state index in [1.54, 1.807) is 18.2 Å². The Morgan fingerprint density at radius 3 is 2.38 bits per heavy atom. The van der Waals surface area contributed by atoms with E-state index in [1.165, 1.54) is 0 Å². The lowest BCUT2D eigenvalue weighted by atomic mass is 9.96. The van der Waals surface area contributed by atoms with Gasteiger partial charge in [-0.3, -0.25) is 15.6 Å². The number of anilines is 1. The predicted molar refractivity (Wildman–Crippen MR) is 67.7 cm³/mol. The number of halogens is 2. The van der Waals surface area contributed by atoms with Crippen LogP contribution in [0.3, 0.4) is 0 Å². The molecule has 0 saturated carbocycles. The Bertz CT molecular complexity index is 399. The number of hydrogen-bond donors (Lipinski definition) is 2. The van der Waals surface area contributed by atoms with Crippen LogP contribution in [0.5, 0.6) is 0 Å². The van der Waals surface area contributed by atoms with Gasteiger partial charge in [-0.15, -0.1) is 0 Å². The molecule has 0 aromatic heterocycles. The summed E-state index contributed by atoms with van der Waals surface area (Å²) < 4.78 is 0. The minimum atomic E-state index is -0.452. The highest BCUT2D eigenvalue weighted by Crippen LogP contribution is 2.24. The van der Waals surface area contributed by atoms with Crippen molar-refractivity contribution in [1.29, 1.82) is 0 Å². The maximum atomic E-state index is 11.6. The zero-order valence-corrected chi connectivity index (χ0v) is 10.9. The summed E-state index contributed by atoms with van der Waals surface area (Å²) in [7, 11) is 0. The second-order valence-corrected chi connectivity index (χ2v) is 5.30. The zero-order chi connectivity index (χ0) is 12.3. The summed E-state index contributed by atoms with van der Waals surface area (Å²) in [5.41, 5.74) is 5.50. The number of amides is 1. The van der Waals surface area contributed by atoms with Crippen molar-refractivity contribution >= 4 is 34.8 Å². The molecule has 0 spiro atoms. The molecule has 1 amide bonds. The maximum Gasteiger partial charge on any atom is 0.243 e. The largest absolute Gasteiger partial charge is 0.297 e. The van der Waals surface area contributed by atoms with Crippen LogP contribution in [0.25, 0.3) is 0 Å². The molecule has 1 rings (SSSR count). The zero-order valence-electron chi connectivity index (χ0n) is 9.40. The van der Waals surface area contributed by atoms with E-state index in [2.05, 4.69) is 10.9 Å². The Hall–Kier alpha value is -0.930. The van der Waals surface area contributed by atoms with Crippen molar-refractivity contribution in [3.8, 4) is 0 Å². The fourth-order valence-electron chi connectivity index (χ4n) is 0.902. The number of carbonyl (C=O) groups excluding carboxylic acids is 1. The van der Waals surface area contributed by atoms with Crippen molar-refractivity contribution in [1.82, 2.24) is 5.43 Å². The molecule has 16 heavy (non-hydrogen) atoms. The molecule has 0 unspecified atom stereocenters. The van der Waals surface area contributed by atoms with Gasteiger partial charge in [0.15, 0.2) is 0 Å². The Kier molecular flexibility index (Phi) is 4.05. The van der Waals surface area contributed by atoms with E-state index in [0.29, 0.717) is 15.7 Å². The van der Waals surface area contributed by atoms with Gasteiger partial charge in [0.1, 0.15) is 0 Å². The van der Waals surface area contributed by atoms with Crippen molar-refractivity contribution in [3.05, 3.63) is 28.2 Å². The maximum absolute atomic E-state index is 11.6. The minimum absolute atomic E-state index is 0.112. The van der Waals surface area contributed by atoms with Gasteiger partial charge in [-0.2, -0.15) is 0 Å². The van der Waals surface area contributed by atoms with E-state index in [9.17, 15) is 4.79 Å². The van der Waals surface area contributed by atoms with Gasteiger partial charge in [0.05, 0.1) is 10.7 Å². The van der Waals surface area contributed by atoms with Crippen LogP contribution in [0.1, 0.15) is 20.8 Å². The molecule has 0 atom stereocenters. The summed E-state index contributed by atoms with van der Waals surface area (Å²) >= 11 is 11.7. The molecule has 1 aromatic carbocycles. The minimum Gasteiger partial charge on any atom is -0.297 e. The third-order valence-electron chi connectivity index (χ3n) is 1.92. The standard InChI is InChI=1S/C11H14Cl2N2O/c1-11(2,3)10(16)15-14-9-5-4-7(12)6-8(9)13/h4-6,14H,1-3H3,(H,15,16). The van der Waals surface area contributed by atoms with Crippen molar-refractivity contribution in [3.63, 3.8) is 0 Å². The summed E-state index contributed by atoms with van der Waals surface area (Å²) in [6, 6.07) is 5.00. The average Bonchev–Trinajstić information content (AvgIpc) is 2.14. The van der Waals surface area contributed by atoms with Gasteiger partial charge < -0.3 is 0 Å². The van der Waals surface area contributed by atoms with Crippen molar-refractivity contribution in [2.75, 3.05) is 5.43 Å². The number of benzene rings is 1. The van der Waals surface area contributed by atoms with Crippen LogP contribution >= 0.6 is 23.2 Å². The van der Waals surface area contributed by atoms with Crippen molar-refractivity contribution < 1.29 is 4.79 Å². The first-order valence-corrected chi connectivity index (χ1v) is 5.58. The smallest absolute Gasteiger partial charge is 0.243 e. The van der Waals surface area contributed by atoms with Gasteiger partial charge >= 0.3 is 0 Å². The van der Waals surface area contributed by atoms with Gasteiger partial charge in [-0.25, -0.2) is 0 Å².